The monoisotopic (exact) mass is 192 g/mol. The number of hydrogen-bond acceptors (Lipinski definition) is 3. The lowest BCUT2D eigenvalue weighted by atomic mass is 10.2. The molecule has 2 N–H and O–H groups in total. The molecule has 0 amide bonds. The van der Waals surface area contributed by atoms with Crippen LogP contribution in [0.4, 0.5) is 5.69 Å². The number of hydrogen-bond donors (Lipinski definition) is 2. The Hall–Kier alpha value is -1.84. The number of carboxylic acids is 1. The summed E-state index contributed by atoms with van der Waals surface area (Å²) < 4.78 is 0. The zero-order valence-corrected chi connectivity index (χ0v) is 8.11. The van der Waals surface area contributed by atoms with Gasteiger partial charge in [-0.05, 0) is 26.0 Å². The fourth-order valence-corrected chi connectivity index (χ4v) is 0.824. The number of aliphatic carboxylic acids is 1. The third-order valence-corrected chi connectivity index (χ3v) is 1.71. The van der Waals surface area contributed by atoms with Gasteiger partial charge in [0.2, 0.25) is 0 Å². The molecular weight excluding hydrogens is 180 g/mol. The van der Waals surface area contributed by atoms with Gasteiger partial charge in [0.1, 0.15) is 5.71 Å². The second-order valence-corrected chi connectivity index (χ2v) is 2.98. The van der Waals surface area contributed by atoms with Crippen LogP contribution in [0, 0.1) is 6.92 Å². The summed E-state index contributed by atoms with van der Waals surface area (Å²) >= 11 is 0. The van der Waals surface area contributed by atoms with E-state index in [9.17, 15) is 4.79 Å². The third-order valence-electron chi connectivity index (χ3n) is 1.71. The van der Waals surface area contributed by atoms with Crippen molar-refractivity contribution in [2.24, 2.45) is 5.10 Å². The number of rotatable bonds is 3. The molecule has 4 heteroatoms. The van der Waals surface area contributed by atoms with Crippen LogP contribution in [0.3, 0.4) is 0 Å². The summed E-state index contributed by atoms with van der Waals surface area (Å²) in [6.45, 7) is 3.42. The molecular formula is C10H12N2O2. The Morgan fingerprint density at radius 1 is 1.36 bits per heavy atom. The van der Waals surface area contributed by atoms with Gasteiger partial charge >= 0.3 is 5.97 Å². The van der Waals surface area contributed by atoms with Crippen molar-refractivity contribution in [1.29, 1.82) is 0 Å². The van der Waals surface area contributed by atoms with Crippen molar-refractivity contribution in [3.05, 3.63) is 29.8 Å². The smallest absolute Gasteiger partial charge is 0.351 e. The van der Waals surface area contributed by atoms with Crippen LogP contribution in [0.25, 0.3) is 0 Å². The van der Waals surface area contributed by atoms with E-state index in [1.54, 1.807) is 0 Å². The van der Waals surface area contributed by atoms with Gasteiger partial charge in [-0.3, -0.25) is 5.43 Å². The van der Waals surface area contributed by atoms with Gasteiger partial charge < -0.3 is 5.11 Å². The Bertz CT molecular complexity index is 355. The van der Waals surface area contributed by atoms with Gasteiger partial charge in [-0.15, -0.1) is 0 Å². The van der Waals surface area contributed by atoms with Crippen LogP contribution in [-0.2, 0) is 4.79 Å². The molecule has 0 radical (unpaired) electrons. The third kappa shape index (κ3) is 2.90. The second-order valence-electron chi connectivity index (χ2n) is 2.98. The lowest BCUT2D eigenvalue weighted by Gasteiger charge is -2.00. The Morgan fingerprint density at radius 3 is 2.43 bits per heavy atom. The first kappa shape index (κ1) is 10.2. The number of nitrogens with zero attached hydrogens (tertiary/aromatic N) is 1. The predicted molar refractivity (Wildman–Crippen MR) is 55.5 cm³/mol. The first-order valence-corrected chi connectivity index (χ1v) is 4.20. The largest absolute Gasteiger partial charge is 0.477 e. The maximum Gasteiger partial charge on any atom is 0.351 e. The molecule has 4 nitrogen and oxygen atoms in total. The highest BCUT2D eigenvalue weighted by atomic mass is 16.4. The molecule has 0 fully saturated rings. The standard InChI is InChI=1S/C10H12N2O2/c1-7-3-5-9(6-4-7)12-11-8(2)10(13)14/h3-6,12H,1-2H3,(H,13,14). The number of nitrogens with one attached hydrogen (secondary N) is 1. The van der Waals surface area contributed by atoms with E-state index in [0.29, 0.717) is 0 Å². The van der Waals surface area contributed by atoms with Crippen molar-refractivity contribution in [2.75, 3.05) is 5.43 Å². The van der Waals surface area contributed by atoms with Gasteiger partial charge in [0, 0.05) is 0 Å². The Morgan fingerprint density at radius 2 is 1.93 bits per heavy atom. The molecule has 0 aromatic heterocycles. The fraction of sp³-hybridized carbons (Fsp3) is 0.200. The zero-order valence-electron chi connectivity index (χ0n) is 8.11. The van der Waals surface area contributed by atoms with Gasteiger partial charge in [-0.2, -0.15) is 5.10 Å². The average Bonchev–Trinajstić information content (AvgIpc) is 2.16. The van der Waals surface area contributed by atoms with Crippen molar-refractivity contribution >= 4 is 17.4 Å². The number of carboxylic acid groups (broad SMARTS) is 1. The highest BCUT2D eigenvalue weighted by Gasteiger charge is 2.00. The minimum Gasteiger partial charge on any atom is -0.477 e. The summed E-state index contributed by atoms with van der Waals surface area (Å²) in [7, 11) is 0. The van der Waals surface area contributed by atoms with E-state index in [2.05, 4.69) is 10.5 Å². The molecule has 1 rings (SSSR count). The summed E-state index contributed by atoms with van der Waals surface area (Å²) in [5.41, 5.74) is 4.61. The lowest BCUT2D eigenvalue weighted by molar-refractivity contribution is -0.129. The summed E-state index contributed by atoms with van der Waals surface area (Å²) in [6.07, 6.45) is 0. The second kappa shape index (κ2) is 4.41. The molecule has 0 aliphatic heterocycles. The number of hydrazone groups is 1. The normalized spacial score (nSPS) is 11.1. The molecule has 1 aromatic rings. The molecule has 0 bridgehead atoms. The molecule has 0 saturated carbocycles. The highest BCUT2D eigenvalue weighted by molar-refractivity contribution is 6.34. The van der Waals surface area contributed by atoms with E-state index >= 15 is 0 Å². The van der Waals surface area contributed by atoms with Crippen LogP contribution in [0.15, 0.2) is 29.4 Å². The van der Waals surface area contributed by atoms with Crippen molar-refractivity contribution < 1.29 is 9.90 Å². The number of anilines is 1. The lowest BCUT2D eigenvalue weighted by Crippen LogP contribution is -2.10. The molecule has 0 atom stereocenters. The quantitative estimate of drug-likeness (QED) is 0.567. The Kier molecular flexibility index (Phi) is 3.23. The molecule has 0 heterocycles. The van der Waals surface area contributed by atoms with E-state index in [4.69, 9.17) is 5.11 Å². The maximum absolute atomic E-state index is 10.4. The summed E-state index contributed by atoms with van der Waals surface area (Å²) in [6, 6.07) is 7.53. The molecule has 14 heavy (non-hydrogen) atoms. The van der Waals surface area contributed by atoms with Crippen LogP contribution >= 0.6 is 0 Å². The van der Waals surface area contributed by atoms with E-state index in [0.717, 1.165) is 11.3 Å². The van der Waals surface area contributed by atoms with E-state index in [1.165, 1.54) is 6.92 Å². The zero-order chi connectivity index (χ0) is 10.6. The number of aryl methyl sites for hydroxylation is 1. The summed E-state index contributed by atoms with van der Waals surface area (Å²) in [5.74, 6) is -1.02. The highest BCUT2D eigenvalue weighted by Crippen LogP contribution is 2.08. The van der Waals surface area contributed by atoms with Crippen LogP contribution in [-0.4, -0.2) is 16.8 Å². The Labute approximate surface area is 82.3 Å². The van der Waals surface area contributed by atoms with E-state index in [-0.39, 0.29) is 5.71 Å². The summed E-state index contributed by atoms with van der Waals surface area (Å²) in [4.78, 5) is 10.4. The van der Waals surface area contributed by atoms with Gasteiger partial charge in [0.15, 0.2) is 0 Å². The molecule has 1 aromatic carbocycles. The molecule has 0 unspecified atom stereocenters. The van der Waals surface area contributed by atoms with Crippen LogP contribution in [0.5, 0.6) is 0 Å². The van der Waals surface area contributed by atoms with Gasteiger partial charge in [-0.1, -0.05) is 17.7 Å². The van der Waals surface area contributed by atoms with Crippen LogP contribution in [0.1, 0.15) is 12.5 Å². The molecule has 0 aliphatic carbocycles. The minimum absolute atomic E-state index is 0.0329. The van der Waals surface area contributed by atoms with Crippen molar-refractivity contribution in [3.63, 3.8) is 0 Å². The average molecular weight is 192 g/mol. The first-order chi connectivity index (χ1) is 6.59. The maximum atomic E-state index is 10.4. The number of benzene rings is 1. The number of carbonyl (C=O) groups is 1. The van der Waals surface area contributed by atoms with Gasteiger partial charge in [0.25, 0.3) is 0 Å². The molecule has 0 saturated heterocycles. The van der Waals surface area contributed by atoms with Gasteiger partial charge in [-0.25, -0.2) is 4.79 Å². The fourth-order valence-electron chi connectivity index (χ4n) is 0.824. The van der Waals surface area contributed by atoms with Crippen LogP contribution < -0.4 is 5.43 Å². The van der Waals surface area contributed by atoms with Crippen molar-refractivity contribution in [1.82, 2.24) is 0 Å². The first-order valence-electron chi connectivity index (χ1n) is 4.20. The molecule has 74 valence electrons. The van der Waals surface area contributed by atoms with Crippen molar-refractivity contribution in [3.8, 4) is 0 Å². The molecule has 0 spiro atoms. The predicted octanol–water partition coefficient (Wildman–Crippen LogP) is 1.87. The van der Waals surface area contributed by atoms with Gasteiger partial charge in [0.05, 0.1) is 5.69 Å². The molecule has 0 aliphatic rings. The summed E-state index contributed by atoms with van der Waals surface area (Å²) in [5, 5.41) is 12.2. The topological polar surface area (TPSA) is 61.7 Å². The van der Waals surface area contributed by atoms with E-state index < -0.39 is 5.97 Å². The SMILES string of the molecule is CC(=NNc1ccc(C)cc1)C(=O)O. The minimum atomic E-state index is -1.02. The van der Waals surface area contributed by atoms with Crippen LogP contribution in [0.2, 0.25) is 0 Å². The van der Waals surface area contributed by atoms with E-state index in [1.807, 2.05) is 31.2 Å². The van der Waals surface area contributed by atoms with Crippen molar-refractivity contribution in [2.45, 2.75) is 13.8 Å². The Balaban J connectivity index is 2.66.